The Morgan fingerprint density at radius 3 is 1.94 bits per heavy atom. The Kier molecular flexibility index (Phi) is 3.45. The molecule has 0 saturated heterocycles. The van der Waals surface area contributed by atoms with Crippen LogP contribution in [-0.2, 0) is 10.2 Å². The molecule has 0 amide bonds. The highest BCUT2D eigenvalue weighted by Gasteiger charge is 2.33. The van der Waals surface area contributed by atoms with Crippen LogP contribution >= 0.6 is 0 Å². The maximum Gasteiger partial charge on any atom is 0.304 e. The van der Waals surface area contributed by atoms with Crippen LogP contribution in [0.2, 0.25) is 0 Å². The fourth-order valence-electron chi connectivity index (χ4n) is 1.63. The van der Waals surface area contributed by atoms with Gasteiger partial charge in [0.05, 0.1) is 6.42 Å². The highest BCUT2D eigenvalue weighted by atomic mass is 19.2. The molecule has 0 radical (unpaired) electrons. The molecular formula is C11H10F4O2. The van der Waals surface area contributed by atoms with Crippen molar-refractivity contribution >= 4 is 5.97 Å². The van der Waals surface area contributed by atoms with Crippen molar-refractivity contribution in [1.29, 1.82) is 0 Å². The zero-order valence-electron chi connectivity index (χ0n) is 9.15. The molecule has 2 nitrogen and oxygen atoms in total. The molecule has 0 atom stereocenters. The van der Waals surface area contributed by atoms with Crippen LogP contribution in [0.4, 0.5) is 17.6 Å². The van der Waals surface area contributed by atoms with Crippen molar-refractivity contribution < 1.29 is 27.5 Å². The summed E-state index contributed by atoms with van der Waals surface area (Å²) in [6, 6.07) is 0.0883. The summed E-state index contributed by atoms with van der Waals surface area (Å²) in [5, 5.41) is 8.60. The summed E-state index contributed by atoms with van der Waals surface area (Å²) >= 11 is 0. The number of benzene rings is 1. The number of rotatable bonds is 3. The van der Waals surface area contributed by atoms with Gasteiger partial charge in [-0.25, -0.2) is 17.6 Å². The van der Waals surface area contributed by atoms with Gasteiger partial charge in [0.25, 0.3) is 0 Å². The fraction of sp³-hybridized carbons (Fsp3) is 0.364. The van der Waals surface area contributed by atoms with Gasteiger partial charge in [0.1, 0.15) is 0 Å². The lowest BCUT2D eigenvalue weighted by atomic mass is 9.80. The summed E-state index contributed by atoms with van der Waals surface area (Å²) < 4.78 is 52.7. The average molecular weight is 250 g/mol. The molecular weight excluding hydrogens is 240 g/mol. The highest BCUT2D eigenvalue weighted by molar-refractivity contribution is 5.69. The second-order valence-corrected chi connectivity index (χ2v) is 4.30. The van der Waals surface area contributed by atoms with E-state index < -0.39 is 46.6 Å². The minimum atomic E-state index is -1.56. The van der Waals surface area contributed by atoms with Gasteiger partial charge in [-0.05, 0) is 0 Å². The molecule has 0 aliphatic rings. The zero-order valence-corrected chi connectivity index (χ0v) is 9.15. The Morgan fingerprint density at radius 2 is 1.59 bits per heavy atom. The van der Waals surface area contributed by atoms with Crippen LogP contribution in [0.15, 0.2) is 6.07 Å². The zero-order chi connectivity index (χ0) is 13.4. The molecule has 0 unspecified atom stereocenters. The van der Waals surface area contributed by atoms with E-state index >= 15 is 0 Å². The molecule has 0 saturated carbocycles. The topological polar surface area (TPSA) is 37.3 Å². The summed E-state index contributed by atoms with van der Waals surface area (Å²) in [5.41, 5.74) is -2.44. The number of aliphatic carboxylic acids is 1. The smallest absolute Gasteiger partial charge is 0.304 e. The molecule has 6 heteroatoms. The number of carboxylic acid groups (broad SMARTS) is 1. The monoisotopic (exact) mass is 250 g/mol. The number of hydrogen-bond acceptors (Lipinski definition) is 1. The van der Waals surface area contributed by atoms with Crippen molar-refractivity contribution in [2.24, 2.45) is 0 Å². The van der Waals surface area contributed by atoms with E-state index in [1.807, 2.05) is 0 Å². The second kappa shape index (κ2) is 4.35. The Hall–Kier alpha value is -1.59. The summed E-state index contributed by atoms with van der Waals surface area (Å²) in [6.07, 6.45) is -0.649. The lowest BCUT2D eigenvalue weighted by Gasteiger charge is -2.24. The van der Waals surface area contributed by atoms with Crippen molar-refractivity contribution in [3.8, 4) is 0 Å². The first-order valence-electron chi connectivity index (χ1n) is 4.72. The Bertz CT molecular complexity index is 443. The Labute approximate surface area is 94.9 Å². The lowest BCUT2D eigenvalue weighted by Crippen LogP contribution is -2.26. The van der Waals surface area contributed by atoms with E-state index in [1.54, 1.807) is 0 Å². The van der Waals surface area contributed by atoms with Gasteiger partial charge in [0.2, 0.25) is 0 Å². The number of hydrogen-bond donors (Lipinski definition) is 1. The van der Waals surface area contributed by atoms with E-state index in [4.69, 9.17) is 5.11 Å². The maximum atomic E-state index is 13.4. The standard InChI is InChI=1S/C11H10F4O2/c1-11(2,4-7(16)17)8-9(14)5(12)3-6(13)10(8)15/h3H,4H2,1-2H3,(H,16,17). The minimum absolute atomic E-state index is 0.0883. The third-order valence-corrected chi connectivity index (χ3v) is 2.38. The molecule has 1 rings (SSSR count). The quantitative estimate of drug-likeness (QED) is 0.661. The minimum Gasteiger partial charge on any atom is -0.481 e. The molecule has 94 valence electrons. The van der Waals surface area contributed by atoms with Crippen molar-refractivity contribution in [2.45, 2.75) is 25.7 Å². The van der Waals surface area contributed by atoms with Gasteiger partial charge in [0.15, 0.2) is 23.3 Å². The summed E-state index contributed by atoms with van der Waals surface area (Å²) in [4.78, 5) is 10.5. The summed E-state index contributed by atoms with van der Waals surface area (Å²) in [5.74, 6) is -7.53. The maximum absolute atomic E-state index is 13.4. The molecule has 0 spiro atoms. The third kappa shape index (κ3) is 2.57. The molecule has 0 aliphatic carbocycles. The molecule has 17 heavy (non-hydrogen) atoms. The van der Waals surface area contributed by atoms with Crippen LogP contribution in [-0.4, -0.2) is 11.1 Å². The normalized spacial score (nSPS) is 11.6. The van der Waals surface area contributed by atoms with Crippen LogP contribution in [0.1, 0.15) is 25.8 Å². The van der Waals surface area contributed by atoms with E-state index in [1.165, 1.54) is 13.8 Å². The van der Waals surface area contributed by atoms with Gasteiger partial charge in [-0.2, -0.15) is 0 Å². The molecule has 0 aromatic heterocycles. The van der Waals surface area contributed by atoms with Gasteiger partial charge >= 0.3 is 5.97 Å². The van der Waals surface area contributed by atoms with E-state index in [2.05, 4.69) is 0 Å². The van der Waals surface area contributed by atoms with Gasteiger partial charge in [0, 0.05) is 17.0 Å². The van der Waals surface area contributed by atoms with Crippen LogP contribution in [0.5, 0.6) is 0 Å². The first-order valence-corrected chi connectivity index (χ1v) is 4.72. The van der Waals surface area contributed by atoms with Gasteiger partial charge < -0.3 is 5.11 Å². The summed E-state index contributed by atoms with van der Waals surface area (Å²) in [7, 11) is 0. The number of halogens is 4. The van der Waals surface area contributed by atoms with E-state index in [-0.39, 0.29) is 6.07 Å². The average Bonchev–Trinajstić information content (AvgIpc) is 2.12. The van der Waals surface area contributed by atoms with Crippen molar-refractivity contribution in [1.82, 2.24) is 0 Å². The number of carbonyl (C=O) groups is 1. The van der Waals surface area contributed by atoms with Crippen molar-refractivity contribution in [3.63, 3.8) is 0 Å². The molecule has 1 N–H and O–H groups in total. The van der Waals surface area contributed by atoms with E-state index in [9.17, 15) is 22.4 Å². The van der Waals surface area contributed by atoms with Crippen LogP contribution in [0.25, 0.3) is 0 Å². The van der Waals surface area contributed by atoms with Gasteiger partial charge in [-0.15, -0.1) is 0 Å². The Morgan fingerprint density at radius 1 is 1.18 bits per heavy atom. The SMILES string of the molecule is CC(C)(CC(=O)O)c1c(F)c(F)cc(F)c1F. The van der Waals surface area contributed by atoms with Crippen LogP contribution in [0.3, 0.4) is 0 Å². The van der Waals surface area contributed by atoms with Gasteiger partial charge in [-0.1, -0.05) is 13.8 Å². The molecule has 0 aliphatic heterocycles. The van der Waals surface area contributed by atoms with Crippen molar-refractivity contribution in [3.05, 3.63) is 34.9 Å². The number of carboxylic acids is 1. The largest absolute Gasteiger partial charge is 0.481 e. The summed E-state index contributed by atoms with van der Waals surface area (Å²) in [6.45, 7) is 2.39. The van der Waals surface area contributed by atoms with Crippen molar-refractivity contribution in [2.75, 3.05) is 0 Å². The first kappa shape index (κ1) is 13.5. The van der Waals surface area contributed by atoms with E-state index in [0.717, 1.165) is 0 Å². The lowest BCUT2D eigenvalue weighted by molar-refractivity contribution is -0.138. The van der Waals surface area contributed by atoms with Crippen LogP contribution in [0, 0.1) is 23.3 Å². The molecule has 0 bridgehead atoms. The molecule has 1 aromatic carbocycles. The molecule has 0 heterocycles. The van der Waals surface area contributed by atoms with Gasteiger partial charge in [-0.3, -0.25) is 4.79 Å². The fourth-order valence-corrected chi connectivity index (χ4v) is 1.63. The highest BCUT2D eigenvalue weighted by Crippen LogP contribution is 2.33. The third-order valence-electron chi connectivity index (χ3n) is 2.38. The second-order valence-electron chi connectivity index (χ2n) is 4.30. The van der Waals surface area contributed by atoms with Crippen LogP contribution < -0.4 is 0 Å². The predicted octanol–water partition coefficient (Wildman–Crippen LogP) is 3.00. The molecule has 0 fully saturated rings. The van der Waals surface area contributed by atoms with E-state index in [0.29, 0.717) is 0 Å². The Balaban J connectivity index is 3.44. The molecule has 1 aromatic rings. The first-order chi connectivity index (χ1) is 7.66. The predicted molar refractivity (Wildman–Crippen MR) is 51.6 cm³/mol.